The van der Waals surface area contributed by atoms with E-state index in [2.05, 4.69) is 53.1 Å². The molecule has 3 nitrogen and oxygen atoms in total. The van der Waals surface area contributed by atoms with Crippen LogP contribution in [-0.2, 0) is 0 Å². The van der Waals surface area contributed by atoms with E-state index in [-0.39, 0.29) is 6.10 Å². The molecule has 30 heavy (non-hydrogen) atoms. The molecule has 1 fully saturated rings. The van der Waals surface area contributed by atoms with E-state index in [1.807, 2.05) is 42.5 Å². The highest BCUT2D eigenvalue weighted by Crippen LogP contribution is 2.29. The normalized spacial score (nSPS) is 15.7. The minimum absolute atomic E-state index is 0.0511. The summed E-state index contributed by atoms with van der Waals surface area (Å²) in [5.41, 5.74) is 3.70. The quantitative estimate of drug-likeness (QED) is 0.467. The topological polar surface area (TPSA) is 15.7 Å². The van der Waals surface area contributed by atoms with Crippen molar-refractivity contribution in [1.82, 2.24) is 4.90 Å². The van der Waals surface area contributed by atoms with Crippen LogP contribution in [0.2, 0.25) is 5.02 Å². The van der Waals surface area contributed by atoms with E-state index < -0.39 is 0 Å². The molecule has 1 heterocycles. The predicted molar refractivity (Wildman–Crippen MR) is 126 cm³/mol. The van der Waals surface area contributed by atoms with E-state index in [0.717, 1.165) is 55.6 Å². The second kappa shape index (κ2) is 10.0. The molecular formula is C26H29ClN2O. The van der Waals surface area contributed by atoms with E-state index in [0.29, 0.717) is 0 Å². The van der Waals surface area contributed by atoms with Gasteiger partial charge < -0.3 is 9.64 Å². The van der Waals surface area contributed by atoms with Gasteiger partial charge in [-0.05, 0) is 42.3 Å². The van der Waals surface area contributed by atoms with Gasteiger partial charge in [-0.3, -0.25) is 4.90 Å². The van der Waals surface area contributed by atoms with Crippen molar-refractivity contribution in [2.24, 2.45) is 0 Å². The minimum Gasteiger partial charge on any atom is -0.486 e. The van der Waals surface area contributed by atoms with Crippen molar-refractivity contribution in [3.8, 4) is 5.75 Å². The molecule has 0 amide bonds. The van der Waals surface area contributed by atoms with Crippen molar-refractivity contribution in [3.05, 3.63) is 95.0 Å². The van der Waals surface area contributed by atoms with E-state index in [4.69, 9.17) is 16.3 Å². The molecule has 1 unspecified atom stereocenters. The van der Waals surface area contributed by atoms with Crippen LogP contribution in [0, 0.1) is 6.92 Å². The summed E-state index contributed by atoms with van der Waals surface area (Å²) in [7, 11) is 0. The first-order chi connectivity index (χ1) is 14.7. The third-order valence-corrected chi connectivity index (χ3v) is 6.15. The Morgan fingerprint density at radius 3 is 2.23 bits per heavy atom. The summed E-state index contributed by atoms with van der Waals surface area (Å²) in [6.07, 6.45) is 1.02. The fraction of sp³-hybridized carbons (Fsp3) is 0.308. The number of halogens is 1. The van der Waals surface area contributed by atoms with Crippen LogP contribution in [-0.4, -0.2) is 37.6 Å². The van der Waals surface area contributed by atoms with Crippen molar-refractivity contribution in [2.45, 2.75) is 19.4 Å². The molecule has 0 radical (unpaired) electrons. The molecule has 0 aromatic heterocycles. The van der Waals surface area contributed by atoms with Gasteiger partial charge in [0.05, 0.1) is 10.7 Å². The molecule has 1 saturated heterocycles. The molecule has 3 aromatic carbocycles. The first-order valence-corrected chi connectivity index (χ1v) is 11.1. The zero-order valence-electron chi connectivity index (χ0n) is 17.5. The monoisotopic (exact) mass is 420 g/mol. The average molecular weight is 421 g/mol. The number of hydrogen-bond donors (Lipinski definition) is 0. The number of nitrogens with zero attached hydrogens (tertiary/aromatic N) is 2. The van der Waals surface area contributed by atoms with Crippen LogP contribution in [0.3, 0.4) is 0 Å². The molecular weight excluding hydrogens is 392 g/mol. The van der Waals surface area contributed by atoms with Crippen LogP contribution in [0.25, 0.3) is 0 Å². The zero-order chi connectivity index (χ0) is 20.8. The maximum absolute atomic E-state index is 6.42. The Labute approximate surface area is 184 Å². The van der Waals surface area contributed by atoms with E-state index >= 15 is 0 Å². The Morgan fingerprint density at radius 2 is 1.50 bits per heavy atom. The van der Waals surface area contributed by atoms with Crippen molar-refractivity contribution in [2.75, 3.05) is 37.6 Å². The molecule has 1 atom stereocenters. The molecule has 4 rings (SSSR count). The lowest BCUT2D eigenvalue weighted by Crippen LogP contribution is -2.47. The number of anilines is 1. The Kier molecular flexibility index (Phi) is 6.93. The first-order valence-electron chi connectivity index (χ1n) is 10.7. The summed E-state index contributed by atoms with van der Waals surface area (Å²) in [5, 5.41) is 0.835. The number of rotatable bonds is 7. The SMILES string of the molecule is Cc1ccccc1C(CCN1CCN(c2ccccc2Cl)CC1)Oc1ccccc1. The lowest BCUT2D eigenvalue weighted by Gasteiger charge is -2.37. The van der Waals surface area contributed by atoms with Gasteiger partial charge in [0.2, 0.25) is 0 Å². The van der Waals surface area contributed by atoms with Gasteiger partial charge >= 0.3 is 0 Å². The molecule has 156 valence electrons. The third-order valence-electron chi connectivity index (χ3n) is 5.83. The number of piperazine rings is 1. The van der Waals surface area contributed by atoms with Crippen molar-refractivity contribution in [3.63, 3.8) is 0 Å². The maximum atomic E-state index is 6.42. The first kappa shape index (κ1) is 20.8. The summed E-state index contributed by atoms with van der Waals surface area (Å²) in [6, 6.07) is 26.8. The van der Waals surface area contributed by atoms with E-state index in [9.17, 15) is 0 Å². The minimum atomic E-state index is 0.0511. The molecule has 0 spiro atoms. The van der Waals surface area contributed by atoms with Crippen LogP contribution < -0.4 is 9.64 Å². The number of aryl methyl sites for hydroxylation is 1. The molecule has 1 aliphatic heterocycles. The Hall–Kier alpha value is -2.49. The zero-order valence-corrected chi connectivity index (χ0v) is 18.3. The fourth-order valence-corrected chi connectivity index (χ4v) is 4.36. The fourth-order valence-electron chi connectivity index (χ4n) is 4.11. The number of benzene rings is 3. The lowest BCUT2D eigenvalue weighted by atomic mass is 10.0. The van der Waals surface area contributed by atoms with Gasteiger partial charge in [0.15, 0.2) is 0 Å². The van der Waals surface area contributed by atoms with Gasteiger partial charge in [0, 0.05) is 39.1 Å². The Morgan fingerprint density at radius 1 is 0.833 bits per heavy atom. The predicted octanol–water partition coefficient (Wildman–Crippen LogP) is 5.98. The largest absolute Gasteiger partial charge is 0.486 e. The standard InChI is InChI=1S/C26H29ClN2O/c1-21-9-5-6-12-23(21)26(30-22-10-3-2-4-11-22)15-16-28-17-19-29(20-18-28)25-14-8-7-13-24(25)27/h2-14,26H,15-20H2,1H3. The molecule has 0 bridgehead atoms. The molecule has 1 aliphatic rings. The highest BCUT2D eigenvalue weighted by atomic mass is 35.5. The molecule has 4 heteroatoms. The summed E-state index contributed by atoms with van der Waals surface area (Å²) in [5.74, 6) is 0.925. The van der Waals surface area contributed by atoms with Gasteiger partial charge in [-0.25, -0.2) is 0 Å². The van der Waals surface area contributed by atoms with Crippen molar-refractivity contribution in [1.29, 1.82) is 0 Å². The van der Waals surface area contributed by atoms with E-state index in [1.165, 1.54) is 11.1 Å². The van der Waals surface area contributed by atoms with Gasteiger partial charge in [0.25, 0.3) is 0 Å². The molecule has 3 aromatic rings. The highest BCUT2D eigenvalue weighted by Gasteiger charge is 2.21. The van der Waals surface area contributed by atoms with Gasteiger partial charge in [-0.1, -0.05) is 66.2 Å². The highest BCUT2D eigenvalue weighted by molar-refractivity contribution is 6.33. The Bertz CT molecular complexity index is 939. The number of ether oxygens (including phenoxy) is 1. The number of para-hydroxylation sites is 2. The summed E-state index contributed by atoms with van der Waals surface area (Å²) in [4.78, 5) is 4.92. The van der Waals surface area contributed by atoms with Crippen LogP contribution in [0.1, 0.15) is 23.7 Å². The van der Waals surface area contributed by atoms with Crippen molar-refractivity contribution < 1.29 is 4.74 Å². The van der Waals surface area contributed by atoms with Gasteiger partial charge in [-0.15, -0.1) is 0 Å². The summed E-state index contributed by atoms with van der Waals surface area (Å²) >= 11 is 6.38. The van der Waals surface area contributed by atoms with Crippen LogP contribution in [0.4, 0.5) is 5.69 Å². The Balaban J connectivity index is 1.38. The smallest absolute Gasteiger partial charge is 0.125 e. The van der Waals surface area contributed by atoms with Crippen LogP contribution in [0.15, 0.2) is 78.9 Å². The summed E-state index contributed by atoms with van der Waals surface area (Å²) < 4.78 is 6.42. The van der Waals surface area contributed by atoms with Gasteiger partial charge in [0.1, 0.15) is 11.9 Å². The van der Waals surface area contributed by atoms with Gasteiger partial charge in [-0.2, -0.15) is 0 Å². The molecule has 0 aliphatic carbocycles. The van der Waals surface area contributed by atoms with E-state index in [1.54, 1.807) is 0 Å². The maximum Gasteiger partial charge on any atom is 0.125 e. The second-order valence-electron chi connectivity index (χ2n) is 7.84. The molecule has 0 N–H and O–H groups in total. The second-order valence-corrected chi connectivity index (χ2v) is 8.25. The average Bonchev–Trinajstić information content (AvgIpc) is 2.79. The third kappa shape index (κ3) is 5.16. The van der Waals surface area contributed by atoms with Crippen LogP contribution >= 0.6 is 11.6 Å². The molecule has 0 saturated carbocycles. The van der Waals surface area contributed by atoms with Crippen molar-refractivity contribution >= 4 is 17.3 Å². The summed E-state index contributed by atoms with van der Waals surface area (Å²) in [6.45, 7) is 7.26. The number of hydrogen-bond acceptors (Lipinski definition) is 3. The van der Waals surface area contributed by atoms with Crippen LogP contribution in [0.5, 0.6) is 5.75 Å². The lowest BCUT2D eigenvalue weighted by molar-refractivity contribution is 0.159.